The van der Waals surface area contributed by atoms with Gasteiger partial charge in [0.2, 0.25) is 0 Å². The highest BCUT2D eigenvalue weighted by Crippen LogP contribution is 2.26. The van der Waals surface area contributed by atoms with Gasteiger partial charge in [0.15, 0.2) is 5.11 Å². The first-order valence-electron chi connectivity index (χ1n) is 8.47. The van der Waals surface area contributed by atoms with Gasteiger partial charge in [-0.25, -0.2) is 4.68 Å². The molecule has 0 aliphatic heterocycles. The van der Waals surface area contributed by atoms with Crippen molar-refractivity contribution in [1.29, 1.82) is 0 Å². The van der Waals surface area contributed by atoms with Crippen molar-refractivity contribution in [2.45, 2.75) is 13.5 Å². The van der Waals surface area contributed by atoms with E-state index in [1.807, 2.05) is 78.2 Å². The van der Waals surface area contributed by atoms with E-state index in [1.165, 1.54) is 0 Å². The first-order chi connectivity index (χ1) is 12.6. The van der Waals surface area contributed by atoms with Crippen LogP contribution in [-0.4, -0.2) is 33.4 Å². The Hall–Kier alpha value is -2.37. The minimum absolute atomic E-state index is 0.663. The number of para-hydroxylation sites is 1. The van der Waals surface area contributed by atoms with E-state index in [1.54, 1.807) is 0 Å². The summed E-state index contributed by atoms with van der Waals surface area (Å²) in [6.45, 7) is 3.50. The molecule has 6 heteroatoms. The Kier molecular flexibility index (Phi) is 5.91. The van der Waals surface area contributed by atoms with Gasteiger partial charge in [0.25, 0.3) is 0 Å². The molecule has 1 heterocycles. The Bertz CT molecular complexity index is 875. The smallest absolute Gasteiger partial charge is 0.168 e. The Labute approximate surface area is 164 Å². The van der Waals surface area contributed by atoms with Gasteiger partial charge in [0.1, 0.15) is 0 Å². The molecule has 4 nitrogen and oxygen atoms in total. The molecule has 1 N–H and O–H groups in total. The van der Waals surface area contributed by atoms with Gasteiger partial charge in [-0.2, -0.15) is 5.10 Å². The first-order valence-corrected chi connectivity index (χ1v) is 9.26. The van der Waals surface area contributed by atoms with E-state index in [0.29, 0.717) is 11.6 Å². The lowest BCUT2D eigenvalue weighted by Gasteiger charge is -2.20. The van der Waals surface area contributed by atoms with E-state index < -0.39 is 0 Å². The van der Waals surface area contributed by atoms with Crippen molar-refractivity contribution in [3.05, 3.63) is 71.4 Å². The van der Waals surface area contributed by atoms with Crippen LogP contribution in [0.3, 0.4) is 0 Å². The molecular weight excluding hydrogens is 364 g/mol. The van der Waals surface area contributed by atoms with Crippen molar-refractivity contribution >= 4 is 28.9 Å². The van der Waals surface area contributed by atoms with E-state index in [9.17, 15) is 0 Å². The number of thiocarbonyl (C=S) groups is 1. The predicted octanol–water partition coefficient (Wildman–Crippen LogP) is 4.52. The van der Waals surface area contributed by atoms with Crippen LogP contribution in [0.1, 0.15) is 12.5 Å². The van der Waals surface area contributed by atoms with E-state index in [2.05, 4.69) is 11.5 Å². The molecule has 3 rings (SSSR count). The molecule has 0 aliphatic carbocycles. The van der Waals surface area contributed by atoms with Crippen LogP contribution in [0, 0.1) is 0 Å². The molecule has 134 valence electrons. The van der Waals surface area contributed by atoms with Gasteiger partial charge in [-0.05, 0) is 43.4 Å². The summed E-state index contributed by atoms with van der Waals surface area (Å²) in [6.07, 6.45) is 2.06. The Morgan fingerprint density at radius 3 is 2.50 bits per heavy atom. The largest absolute Gasteiger partial charge is 0.363 e. The van der Waals surface area contributed by atoms with Gasteiger partial charge in [-0.3, -0.25) is 0 Å². The zero-order valence-corrected chi connectivity index (χ0v) is 16.4. The van der Waals surface area contributed by atoms with Crippen molar-refractivity contribution in [2.75, 3.05) is 13.6 Å². The quantitative estimate of drug-likeness (QED) is 0.655. The van der Waals surface area contributed by atoms with Crippen molar-refractivity contribution < 1.29 is 0 Å². The van der Waals surface area contributed by atoms with Crippen molar-refractivity contribution in [3.8, 4) is 16.9 Å². The van der Waals surface area contributed by atoms with Crippen LogP contribution in [0.2, 0.25) is 5.02 Å². The van der Waals surface area contributed by atoms with Crippen LogP contribution >= 0.6 is 23.8 Å². The molecule has 0 atom stereocenters. The van der Waals surface area contributed by atoms with Crippen LogP contribution < -0.4 is 5.32 Å². The van der Waals surface area contributed by atoms with Crippen LogP contribution in [0.5, 0.6) is 0 Å². The number of rotatable bonds is 5. The van der Waals surface area contributed by atoms with Gasteiger partial charge in [-0.1, -0.05) is 41.9 Å². The molecule has 0 saturated carbocycles. The van der Waals surface area contributed by atoms with Crippen LogP contribution in [-0.2, 0) is 6.54 Å². The molecule has 2 aromatic carbocycles. The molecule has 0 amide bonds. The van der Waals surface area contributed by atoms with Gasteiger partial charge in [-0.15, -0.1) is 0 Å². The van der Waals surface area contributed by atoms with Crippen LogP contribution in [0.4, 0.5) is 0 Å². The number of halogens is 1. The van der Waals surface area contributed by atoms with Gasteiger partial charge in [0, 0.05) is 42.5 Å². The van der Waals surface area contributed by atoms with Crippen LogP contribution in [0.15, 0.2) is 60.8 Å². The summed E-state index contributed by atoms with van der Waals surface area (Å²) in [6, 6.07) is 17.8. The highest BCUT2D eigenvalue weighted by molar-refractivity contribution is 7.80. The molecule has 0 aliphatic rings. The first kappa shape index (κ1) is 18.4. The summed E-state index contributed by atoms with van der Waals surface area (Å²) >= 11 is 11.5. The van der Waals surface area contributed by atoms with E-state index in [0.717, 1.165) is 34.2 Å². The average molecular weight is 385 g/mol. The van der Waals surface area contributed by atoms with Gasteiger partial charge < -0.3 is 10.2 Å². The maximum absolute atomic E-state index is 6.04. The van der Waals surface area contributed by atoms with Crippen molar-refractivity contribution in [3.63, 3.8) is 0 Å². The highest BCUT2D eigenvalue weighted by atomic mass is 35.5. The summed E-state index contributed by atoms with van der Waals surface area (Å²) in [7, 11) is 1.98. The number of hydrogen-bond donors (Lipinski definition) is 1. The van der Waals surface area contributed by atoms with Gasteiger partial charge in [0.05, 0.1) is 11.4 Å². The van der Waals surface area contributed by atoms with Crippen molar-refractivity contribution in [2.24, 2.45) is 0 Å². The van der Waals surface area contributed by atoms with E-state index >= 15 is 0 Å². The average Bonchev–Trinajstić information content (AvgIpc) is 3.07. The minimum atomic E-state index is 0.663. The topological polar surface area (TPSA) is 33.1 Å². The zero-order chi connectivity index (χ0) is 18.5. The lowest BCUT2D eigenvalue weighted by atomic mass is 10.1. The normalized spacial score (nSPS) is 10.6. The molecule has 0 bridgehead atoms. The monoisotopic (exact) mass is 384 g/mol. The molecule has 3 aromatic rings. The summed E-state index contributed by atoms with van der Waals surface area (Å²) in [5.74, 6) is 0. The standard InChI is InChI=1S/C20H21ClN4S/c1-3-22-20(26)24(2)13-16-14-25(18-7-5-4-6-8-18)23-19(16)15-9-11-17(21)12-10-15/h4-12,14H,3,13H2,1-2H3,(H,22,26). The Balaban J connectivity index is 1.99. The molecular formula is C20H21ClN4S. The van der Waals surface area contributed by atoms with Gasteiger partial charge >= 0.3 is 0 Å². The summed E-state index contributed by atoms with van der Waals surface area (Å²) in [5.41, 5.74) is 4.07. The molecule has 26 heavy (non-hydrogen) atoms. The number of benzene rings is 2. The minimum Gasteiger partial charge on any atom is -0.363 e. The van der Waals surface area contributed by atoms with Crippen molar-refractivity contribution in [1.82, 2.24) is 20.0 Å². The number of nitrogens with one attached hydrogen (secondary N) is 1. The molecule has 0 saturated heterocycles. The third-order valence-corrected chi connectivity index (χ3v) is 4.72. The number of nitrogens with zero attached hydrogens (tertiary/aromatic N) is 3. The third kappa shape index (κ3) is 4.23. The summed E-state index contributed by atoms with van der Waals surface area (Å²) in [5, 5.41) is 9.44. The Morgan fingerprint density at radius 1 is 1.15 bits per heavy atom. The lowest BCUT2D eigenvalue weighted by Crippen LogP contribution is -2.36. The van der Waals surface area contributed by atoms with E-state index in [-0.39, 0.29) is 0 Å². The zero-order valence-electron chi connectivity index (χ0n) is 14.8. The number of aromatic nitrogens is 2. The molecule has 0 spiro atoms. The fourth-order valence-electron chi connectivity index (χ4n) is 2.70. The fourth-order valence-corrected chi connectivity index (χ4v) is 3.04. The highest BCUT2D eigenvalue weighted by Gasteiger charge is 2.15. The summed E-state index contributed by atoms with van der Waals surface area (Å²) < 4.78 is 1.91. The second-order valence-corrected chi connectivity index (χ2v) is 6.80. The lowest BCUT2D eigenvalue weighted by molar-refractivity contribution is 0.491. The predicted molar refractivity (Wildman–Crippen MR) is 112 cm³/mol. The second-order valence-electron chi connectivity index (χ2n) is 5.98. The maximum atomic E-state index is 6.04. The number of hydrogen-bond acceptors (Lipinski definition) is 2. The van der Waals surface area contributed by atoms with Crippen LogP contribution in [0.25, 0.3) is 16.9 Å². The fraction of sp³-hybridized carbons (Fsp3) is 0.200. The summed E-state index contributed by atoms with van der Waals surface area (Å²) in [4.78, 5) is 2.02. The second kappa shape index (κ2) is 8.34. The Morgan fingerprint density at radius 2 is 1.85 bits per heavy atom. The molecule has 0 radical (unpaired) electrons. The third-order valence-electron chi connectivity index (χ3n) is 4.01. The molecule has 0 fully saturated rings. The molecule has 1 aromatic heterocycles. The SMILES string of the molecule is CCNC(=S)N(C)Cc1cn(-c2ccccc2)nc1-c1ccc(Cl)cc1. The van der Waals surface area contributed by atoms with E-state index in [4.69, 9.17) is 28.9 Å². The molecule has 0 unspecified atom stereocenters. The maximum Gasteiger partial charge on any atom is 0.168 e.